The van der Waals surface area contributed by atoms with Crippen LogP contribution in [0.4, 0.5) is 0 Å². The normalized spacial score (nSPS) is 14.2. The number of furan rings is 1. The smallest absolute Gasteiger partial charge is 0.287 e. The van der Waals surface area contributed by atoms with Crippen molar-refractivity contribution in [3.63, 3.8) is 0 Å². The molecule has 1 saturated carbocycles. The average molecular weight is 342 g/mol. The standard InChI is InChI=1S/C17H18N4O2S/c1-10-12-4-2-3-5-13(12)23-15(10)16(22)18-9-8-14-19-20-17(24)21(14)11-6-7-11/h2-5,11H,6-9H2,1H3,(H,18,22)(H,20,24). The van der Waals surface area contributed by atoms with Crippen molar-refractivity contribution in [2.75, 3.05) is 6.54 Å². The Morgan fingerprint density at radius 2 is 2.25 bits per heavy atom. The summed E-state index contributed by atoms with van der Waals surface area (Å²) in [6, 6.07) is 8.13. The summed E-state index contributed by atoms with van der Waals surface area (Å²) in [5.41, 5.74) is 1.60. The number of para-hydroxylation sites is 1. The third-order valence-electron chi connectivity index (χ3n) is 4.37. The SMILES string of the molecule is Cc1c(C(=O)NCCc2n[nH]c(=S)n2C2CC2)oc2ccccc12. The van der Waals surface area contributed by atoms with Gasteiger partial charge in [0.1, 0.15) is 11.4 Å². The maximum Gasteiger partial charge on any atom is 0.287 e. The van der Waals surface area contributed by atoms with Crippen molar-refractivity contribution in [2.45, 2.75) is 32.2 Å². The summed E-state index contributed by atoms with van der Waals surface area (Å²) in [6.07, 6.45) is 2.92. The Morgan fingerprint density at radius 3 is 3.00 bits per heavy atom. The van der Waals surface area contributed by atoms with Crippen LogP contribution in [0.25, 0.3) is 11.0 Å². The van der Waals surface area contributed by atoms with Gasteiger partial charge in [-0.05, 0) is 38.0 Å². The number of benzene rings is 1. The van der Waals surface area contributed by atoms with E-state index in [1.807, 2.05) is 31.2 Å². The number of carbonyl (C=O) groups excluding carboxylic acids is 1. The van der Waals surface area contributed by atoms with E-state index >= 15 is 0 Å². The van der Waals surface area contributed by atoms with Crippen molar-refractivity contribution in [3.05, 3.63) is 46.2 Å². The van der Waals surface area contributed by atoms with Gasteiger partial charge in [-0.15, -0.1) is 0 Å². The first-order valence-electron chi connectivity index (χ1n) is 8.07. The van der Waals surface area contributed by atoms with Gasteiger partial charge in [0.25, 0.3) is 5.91 Å². The highest BCUT2D eigenvalue weighted by atomic mass is 32.1. The Kier molecular flexibility index (Phi) is 3.72. The first-order chi connectivity index (χ1) is 11.6. The molecule has 1 aliphatic rings. The van der Waals surface area contributed by atoms with E-state index in [1.165, 1.54) is 0 Å². The highest BCUT2D eigenvalue weighted by Crippen LogP contribution is 2.35. The van der Waals surface area contributed by atoms with Gasteiger partial charge in [0.15, 0.2) is 10.5 Å². The minimum absolute atomic E-state index is 0.198. The lowest BCUT2D eigenvalue weighted by Crippen LogP contribution is -2.26. The van der Waals surface area contributed by atoms with Crippen LogP contribution in [-0.4, -0.2) is 27.2 Å². The number of hydrogen-bond acceptors (Lipinski definition) is 4. The number of nitrogens with one attached hydrogen (secondary N) is 2. The summed E-state index contributed by atoms with van der Waals surface area (Å²) < 4.78 is 8.41. The Bertz CT molecular complexity index is 965. The quantitative estimate of drug-likeness (QED) is 0.698. The van der Waals surface area contributed by atoms with Crippen LogP contribution in [-0.2, 0) is 6.42 Å². The summed E-state index contributed by atoms with van der Waals surface area (Å²) >= 11 is 5.26. The van der Waals surface area contributed by atoms with Crippen molar-refractivity contribution in [1.82, 2.24) is 20.1 Å². The molecule has 24 heavy (non-hydrogen) atoms. The molecule has 4 rings (SSSR count). The van der Waals surface area contributed by atoms with Crippen LogP contribution in [0.1, 0.15) is 40.8 Å². The van der Waals surface area contributed by atoms with Crippen molar-refractivity contribution in [2.24, 2.45) is 0 Å². The molecule has 1 fully saturated rings. The van der Waals surface area contributed by atoms with E-state index in [-0.39, 0.29) is 5.91 Å². The third kappa shape index (κ3) is 2.65. The van der Waals surface area contributed by atoms with Crippen LogP contribution in [0.3, 0.4) is 0 Å². The van der Waals surface area contributed by atoms with Gasteiger partial charge < -0.3 is 14.3 Å². The lowest BCUT2D eigenvalue weighted by Gasteiger charge is -2.06. The zero-order chi connectivity index (χ0) is 16.7. The molecule has 1 aliphatic carbocycles. The third-order valence-corrected chi connectivity index (χ3v) is 4.66. The fourth-order valence-electron chi connectivity index (χ4n) is 2.98. The van der Waals surface area contributed by atoms with Gasteiger partial charge in [-0.1, -0.05) is 18.2 Å². The molecule has 0 aliphatic heterocycles. The summed E-state index contributed by atoms with van der Waals surface area (Å²) in [7, 11) is 0. The second-order valence-electron chi connectivity index (χ2n) is 6.10. The molecule has 2 heterocycles. The average Bonchev–Trinajstić information content (AvgIpc) is 3.27. The first kappa shape index (κ1) is 15.1. The molecule has 2 N–H and O–H groups in total. The van der Waals surface area contributed by atoms with Crippen LogP contribution >= 0.6 is 12.2 Å². The maximum absolute atomic E-state index is 12.4. The fourth-order valence-corrected chi connectivity index (χ4v) is 3.28. The van der Waals surface area contributed by atoms with Crippen LogP contribution in [0.15, 0.2) is 28.7 Å². The zero-order valence-electron chi connectivity index (χ0n) is 13.3. The van der Waals surface area contributed by atoms with E-state index in [4.69, 9.17) is 16.6 Å². The van der Waals surface area contributed by atoms with E-state index in [2.05, 4.69) is 20.1 Å². The van der Waals surface area contributed by atoms with Crippen LogP contribution < -0.4 is 5.32 Å². The first-order valence-corrected chi connectivity index (χ1v) is 8.48. The van der Waals surface area contributed by atoms with Crippen LogP contribution in [0, 0.1) is 11.7 Å². The maximum atomic E-state index is 12.4. The number of aryl methyl sites for hydroxylation is 1. The minimum atomic E-state index is -0.198. The number of fused-ring (bicyclic) bond motifs is 1. The van der Waals surface area contributed by atoms with Crippen molar-refractivity contribution >= 4 is 29.1 Å². The van der Waals surface area contributed by atoms with E-state index in [1.54, 1.807) is 0 Å². The number of aromatic nitrogens is 3. The van der Waals surface area contributed by atoms with Crippen molar-refractivity contribution in [1.29, 1.82) is 0 Å². The Balaban J connectivity index is 1.45. The van der Waals surface area contributed by atoms with Gasteiger partial charge in [-0.2, -0.15) is 5.10 Å². The number of nitrogens with zero attached hydrogens (tertiary/aromatic N) is 2. The van der Waals surface area contributed by atoms with Crippen molar-refractivity contribution in [3.8, 4) is 0 Å². The van der Waals surface area contributed by atoms with E-state index < -0.39 is 0 Å². The van der Waals surface area contributed by atoms with Gasteiger partial charge in [0, 0.05) is 30.0 Å². The highest BCUT2D eigenvalue weighted by molar-refractivity contribution is 7.71. The molecule has 2 aromatic heterocycles. The number of hydrogen-bond donors (Lipinski definition) is 2. The number of amides is 1. The Morgan fingerprint density at radius 1 is 1.46 bits per heavy atom. The van der Waals surface area contributed by atoms with E-state index in [0.29, 0.717) is 29.5 Å². The molecule has 6 nitrogen and oxygen atoms in total. The highest BCUT2D eigenvalue weighted by Gasteiger charge is 2.27. The minimum Gasteiger partial charge on any atom is -0.451 e. The number of H-pyrrole nitrogens is 1. The Labute approximate surface area is 143 Å². The molecule has 7 heteroatoms. The Hall–Kier alpha value is -2.41. The van der Waals surface area contributed by atoms with Crippen LogP contribution in [0.2, 0.25) is 0 Å². The predicted molar refractivity (Wildman–Crippen MR) is 92.7 cm³/mol. The van der Waals surface area contributed by atoms with Crippen LogP contribution in [0.5, 0.6) is 0 Å². The predicted octanol–water partition coefficient (Wildman–Crippen LogP) is 3.30. The lowest BCUT2D eigenvalue weighted by atomic mass is 10.1. The molecule has 124 valence electrons. The zero-order valence-corrected chi connectivity index (χ0v) is 14.2. The largest absolute Gasteiger partial charge is 0.451 e. The van der Waals surface area contributed by atoms with Gasteiger partial charge >= 0.3 is 0 Å². The van der Waals surface area contributed by atoms with E-state index in [9.17, 15) is 4.79 Å². The van der Waals surface area contributed by atoms with Gasteiger partial charge in [0.05, 0.1) is 0 Å². The molecule has 0 radical (unpaired) electrons. The lowest BCUT2D eigenvalue weighted by molar-refractivity contribution is 0.0927. The molecule has 3 aromatic rings. The molecule has 1 amide bonds. The number of aromatic amines is 1. The van der Waals surface area contributed by atoms with Gasteiger partial charge in [0.2, 0.25) is 0 Å². The number of rotatable bonds is 5. The topological polar surface area (TPSA) is 75.8 Å². The number of carbonyl (C=O) groups is 1. The van der Waals surface area contributed by atoms with Crippen molar-refractivity contribution < 1.29 is 9.21 Å². The summed E-state index contributed by atoms with van der Waals surface area (Å²) in [4.78, 5) is 12.4. The molecule has 0 bridgehead atoms. The molecule has 1 aromatic carbocycles. The fraction of sp³-hybridized carbons (Fsp3) is 0.353. The molecular weight excluding hydrogens is 324 g/mol. The molecular formula is C17H18N4O2S. The van der Waals surface area contributed by atoms with Gasteiger partial charge in [-0.3, -0.25) is 9.89 Å². The summed E-state index contributed by atoms with van der Waals surface area (Å²) in [6.45, 7) is 2.39. The molecule has 0 atom stereocenters. The monoisotopic (exact) mass is 342 g/mol. The second kappa shape index (κ2) is 5.90. The summed E-state index contributed by atoms with van der Waals surface area (Å²) in [5, 5.41) is 11.0. The molecule has 0 spiro atoms. The molecule has 0 saturated heterocycles. The summed E-state index contributed by atoms with van der Waals surface area (Å²) in [5.74, 6) is 1.07. The van der Waals surface area contributed by atoms with Gasteiger partial charge in [-0.25, -0.2) is 0 Å². The second-order valence-corrected chi connectivity index (χ2v) is 6.49. The molecule has 0 unspecified atom stereocenters. The van der Waals surface area contributed by atoms with E-state index in [0.717, 1.165) is 35.2 Å².